The van der Waals surface area contributed by atoms with Gasteiger partial charge in [0.2, 0.25) is 0 Å². The van der Waals surface area contributed by atoms with Gasteiger partial charge in [-0.05, 0) is 29.8 Å². The van der Waals surface area contributed by atoms with Crippen molar-refractivity contribution in [2.24, 2.45) is 15.5 Å². The molecule has 0 aliphatic carbocycles. The number of likely N-dealkylation sites (N-methyl/N-ethyl adjacent to an activating group) is 1. The molecule has 2 aromatic rings. The molecule has 2 unspecified atom stereocenters. The summed E-state index contributed by atoms with van der Waals surface area (Å²) in [5, 5.41) is 22.6. The Morgan fingerprint density at radius 2 is 1.91 bits per heavy atom. The van der Waals surface area contributed by atoms with Gasteiger partial charge in [-0.1, -0.05) is 36.4 Å². The molecular formula is C22H29N5O4S. The molecule has 32 heavy (non-hydrogen) atoms. The average molecular weight is 460 g/mol. The average Bonchev–Trinajstić information content (AvgIpc) is 3.55. The summed E-state index contributed by atoms with van der Waals surface area (Å²) in [6, 6.07) is 11.9. The lowest BCUT2D eigenvalue weighted by Crippen LogP contribution is -2.29. The van der Waals surface area contributed by atoms with E-state index >= 15 is 0 Å². The summed E-state index contributed by atoms with van der Waals surface area (Å²) in [5.74, 6) is 0. The Hall–Kier alpha value is -2.98. The number of hydrogen-bond donors (Lipinski definition) is 1. The zero-order valence-electron chi connectivity index (χ0n) is 18.8. The Bertz CT molecular complexity index is 959. The fourth-order valence-corrected chi connectivity index (χ4v) is 4.44. The SMILES string of the molecule is CC.CN=NN(C)CC1CN(c2ccc(-c3ccc(C4=NOC(CO)C4)s3)cc2)C(=O)O1. The number of carbonyl (C=O) groups excluding carboxylic acids is 1. The van der Waals surface area contributed by atoms with Gasteiger partial charge in [-0.25, -0.2) is 4.79 Å². The van der Waals surface area contributed by atoms with Gasteiger partial charge in [-0.15, -0.1) is 11.3 Å². The van der Waals surface area contributed by atoms with Gasteiger partial charge >= 0.3 is 6.09 Å². The topological polar surface area (TPSA) is 99.3 Å². The van der Waals surface area contributed by atoms with Gasteiger partial charge in [0.1, 0.15) is 11.8 Å². The Kier molecular flexibility index (Phi) is 8.18. The summed E-state index contributed by atoms with van der Waals surface area (Å²) in [6.45, 7) is 4.92. The fraction of sp³-hybridized carbons (Fsp3) is 0.455. The molecule has 4 rings (SSSR count). The van der Waals surface area contributed by atoms with Crippen molar-refractivity contribution in [3.8, 4) is 10.4 Å². The monoisotopic (exact) mass is 459 g/mol. The van der Waals surface area contributed by atoms with Crippen LogP contribution in [0.5, 0.6) is 0 Å². The van der Waals surface area contributed by atoms with Gasteiger partial charge in [-0.3, -0.25) is 9.91 Å². The normalized spacial score (nSPS) is 20.0. The lowest BCUT2D eigenvalue weighted by atomic mass is 10.1. The van der Waals surface area contributed by atoms with E-state index in [0.717, 1.165) is 26.7 Å². The molecule has 2 atom stereocenters. The van der Waals surface area contributed by atoms with E-state index in [1.54, 1.807) is 35.3 Å². The molecule has 1 aromatic heterocycles. The van der Waals surface area contributed by atoms with Crippen LogP contribution in [0.3, 0.4) is 0 Å². The van der Waals surface area contributed by atoms with Crippen LogP contribution in [0.4, 0.5) is 10.5 Å². The van der Waals surface area contributed by atoms with Crippen molar-refractivity contribution in [3.63, 3.8) is 0 Å². The van der Waals surface area contributed by atoms with Gasteiger partial charge in [0.15, 0.2) is 6.10 Å². The molecule has 3 heterocycles. The summed E-state index contributed by atoms with van der Waals surface area (Å²) < 4.78 is 5.44. The zero-order chi connectivity index (χ0) is 23.1. The summed E-state index contributed by atoms with van der Waals surface area (Å²) in [5.41, 5.74) is 2.71. The molecule has 2 aliphatic rings. The quantitative estimate of drug-likeness (QED) is 0.495. The third-order valence-corrected chi connectivity index (χ3v) is 6.06. The lowest BCUT2D eigenvalue weighted by Gasteiger charge is -2.15. The van der Waals surface area contributed by atoms with E-state index < -0.39 is 0 Å². The van der Waals surface area contributed by atoms with E-state index in [1.807, 2.05) is 50.2 Å². The van der Waals surface area contributed by atoms with E-state index in [0.29, 0.717) is 19.5 Å². The maximum Gasteiger partial charge on any atom is 0.414 e. The van der Waals surface area contributed by atoms with Crippen LogP contribution in [0.15, 0.2) is 51.9 Å². The van der Waals surface area contributed by atoms with Crippen molar-refractivity contribution < 1.29 is 19.5 Å². The van der Waals surface area contributed by atoms with Crippen LogP contribution in [0.25, 0.3) is 10.4 Å². The number of carbonyl (C=O) groups is 1. The number of thiophene rings is 1. The Balaban J connectivity index is 0.00000141. The summed E-state index contributed by atoms with van der Waals surface area (Å²) in [7, 11) is 3.39. The Morgan fingerprint density at radius 1 is 1.19 bits per heavy atom. The van der Waals surface area contributed by atoms with Gasteiger partial charge < -0.3 is 14.7 Å². The molecule has 1 fully saturated rings. The van der Waals surface area contributed by atoms with Crippen LogP contribution in [0, 0.1) is 0 Å². The van der Waals surface area contributed by atoms with E-state index in [4.69, 9.17) is 9.57 Å². The number of oxime groups is 1. The highest BCUT2D eigenvalue weighted by Gasteiger charge is 2.33. The van der Waals surface area contributed by atoms with Crippen molar-refractivity contribution in [3.05, 3.63) is 41.3 Å². The molecule has 10 heteroatoms. The fourth-order valence-electron chi connectivity index (χ4n) is 3.44. The van der Waals surface area contributed by atoms with Crippen molar-refractivity contribution in [1.82, 2.24) is 5.01 Å². The second kappa shape index (κ2) is 11.1. The molecule has 1 aromatic carbocycles. The maximum absolute atomic E-state index is 12.3. The van der Waals surface area contributed by atoms with E-state index in [-0.39, 0.29) is 24.9 Å². The molecular weight excluding hydrogens is 430 g/mol. The van der Waals surface area contributed by atoms with E-state index in [2.05, 4.69) is 15.5 Å². The third kappa shape index (κ3) is 5.43. The molecule has 1 N–H and O–H groups in total. The van der Waals surface area contributed by atoms with E-state index in [9.17, 15) is 9.90 Å². The standard InChI is InChI=1S/C20H23N5O4S.C2H6/c1-21-23-24(2)10-16-11-25(20(27)28-16)14-5-3-13(4-6-14)18-7-8-19(30-18)17-9-15(12-26)29-22-17;1-2/h3-8,15-16,26H,9-12H2,1-2H3;1-2H3. The first kappa shape index (κ1) is 23.7. The molecule has 0 spiro atoms. The number of hydrogen-bond acceptors (Lipinski definition) is 8. The number of amides is 1. The number of ether oxygens (including phenoxy) is 1. The number of anilines is 1. The number of aliphatic hydroxyl groups excluding tert-OH is 1. The summed E-state index contributed by atoms with van der Waals surface area (Å²) in [4.78, 5) is 21.2. The lowest BCUT2D eigenvalue weighted by molar-refractivity contribution is 0.0390. The minimum absolute atomic E-state index is 0.0362. The van der Waals surface area contributed by atoms with Crippen molar-refractivity contribution in [2.75, 3.05) is 38.7 Å². The number of cyclic esters (lactones) is 1. The van der Waals surface area contributed by atoms with Gasteiger partial charge in [0.25, 0.3) is 0 Å². The molecule has 0 bridgehead atoms. The highest BCUT2D eigenvalue weighted by atomic mass is 32.1. The van der Waals surface area contributed by atoms with Crippen LogP contribution in [-0.2, 0) is 9.57 Å². The highest BCUT2D eigenvalue weighted by Crippen LogP contribution is 2.32. The largest absolute Gasteiger partial charge is 0.442 e. The maximum atomic E-state index is 12.3. The van der Waals surface area contributed by atoms with Crippen LogP contribution in [-0.4, -0.2) is 67.9 Å². The third-order valence-electron chi connectivity index (χ3n) is 4.87. The van der Waals surface area contributed by atoms with Gasteiger partial charge in [0.05, 0.1) is 31.6 Å². The van der Waals surface area contributed by atoms with Crippen molar-refractivity contribution in [1.29, 1.82) is 0 Å². The first-order valence-corrected chi connectivity index (χ1v) is 11.4. The number of nitrogens with zero attached hydrogens (tertiary/aromatic N) is 5. The van der Waals surface area contributed by atoms with Crippen LogP contribution >= 0.6 is 11.3 Å². The summed E-state index contributed by atoms with van der Waals surface area (Å²) >= 11 is 1.62. The Labute approximate surface area is 191 Å². The minimum Gasteiger partial charge on any atom is -0.442 e. The first-order chi connectivity index (χ1) is 15.6. The van der Waals surface area contributed by atoms with Gasteiger partial charge in [-0.2, -0.15) is 5.11 Å². The molecule has 9 nitrogen and oxygen atoms in total. The second-order valence-corrected chi connectivity index (χ2v) is 8.19. The van der Waals surface area contributed by atoms with Crippen LogP contribution in [0.2, 0.25) is 0 Å². The minimum atomic E-state index is -0.356. The smallest absolute Gasteiger partial charge is 0.414 e. The molecule has 0 radical (unpaired) electrons. The number of rotatable bonds is 7. The highest BCUT2D eigenvalue weighted by molar-refractivity contribution is 7.17. The molecule has 0 saturated carbocycles. The van der Waals surface area contributed by atoms with Crippen molar-refractivity contribution >= 4 is 28.8 Å². The Morgan fingerprint density at radius 3 is 2.56 bits per heavy atom. The molecule has 2 aliphatic heterocycles. The van der Waals surface area contributed by atoms with Crippen molar-refractivity contribution in [2.45, 2.75) is 32.5 Å². The second-order valence-electron chi connectivity index (χ2n) is 7.11. The number of benzene rings is 1. The zero-order valence-corrected chi connectivity index (χ0v) is 19.6. The predicted molar refractivity (Wildman–Crippen MR) is 125 cm³/mol. The summed E-state index contributed by atoms with van der Waals surface area (Å²) in [6.07, 6.45) is -0.253. The van der Waals surface area contributed by atoms with Crippen LogP contribution < -0.4 is 4.90 Å². The van der Waals surface area contributed by atoms with Crippen LogP contribution in [0.1, 0.15) is 25.1 Å². The predicted octanol–water partition coefficient (Wildman–Crippen LogP) is 4.18. The molecule has 1 amide bonds. The number of aliphatic hydroxyl groups is 1. The van der Waals surface area contributed by atoms with Gasteiger partial charge in [0, 0.05) is 24.0 Å². The van der Waals surface area contributed by atoms with E-state index in [1.165, 1.54) is 0 Å². The molecule has 1 saturated heterocycles. The molecule has 172 valence electrons. The first-order valence-electron chi connectivity index (χ1n) is 10.6.